The monoisotopic (exact) mass is 1020 g/mol. The molecule has 0 saturated carbocycles. The fourth-order valence-corrected chi connectivity index (χ4v) is 15.7. The molecular formula is C78H60N2. The number of benzene rings is 9. The van der Waals surface area contributed by atoms with E-state index in [-0.39, 0.29) is 11.3 Å². The summed E-state index contributed by atoms with van der Waals surface area (Å²) in [6.07, 6.45) is 35.1. The zero-order valence-corrected chi connectivity index (χ0v) is 44.8. The highest BCUT2D eigenvalue weighted by Crippen LogP contribution is 2.64. The largest absolute Gasteiger partial charge is 0.320 e. The summed E-state index contributed by atoms with van der Waals surface area (Å²) in [5.41, 5.74) is 21.6. The molecule has 0 radical (unpaired) electrons. The van der Waals surface area contributed by atoms with Gasteiger partial charge in [0.15, 0.2) is 0 Å². The third-order valence-electron chi connectivity index (χ3n) is 19.0. The second-order valence-electron chi connectivity index (χ2n) is 22.8. The van der Waals surface area contributed by atoms with Gasteiger partial charge in [0.2, 0.25) is 0 Å². The van der Waals surface area contributed by atoms with E-state index in [0.717, 1.165) is 49.9 Å². The van der Waals surface area contributed by atoms with Crippen molar-refractivity contribution in [2.75, 3.05) is 4.90 Å². The molecule has 0 bridgehead atoms. The lowest BCUT2D eigenvalue weighted by Crippen LogP contribution is -2.37. The first kappa shape index (κ1) is 46.8. The van der Waals surface area contributed by atoms with Gasteiger partial charge in [-0.1, -0.05) is 230 Å². The Morgan fingerprint density at radius 1 is 0.438 bits per heavy atom. The fraction of sp³-hybridized carbons (Fsp3) is 0.128. The number of fused-ring (bicyclic) bond motifs is 12. The van der Waals surface area contributed by atoms with Crippen LogP contribution in [0.1, 0.15) is 71.9 Å². The summed E-state index contributed by atoms with van der Waals surface area (Å²) in [5.74, 6) is 0.416. The van der Waals surface area contributed by atoms with Crippen LogP contribution in [-0.4, -0.2) is 4.57 Å². The molecule has 0 saturated heterocycles. The molecule has 9 aromatic carbocycles. The van der Waals surface area contributed by atoms with Crippen LogP contribution in [-0.2, 0) is 10.8 Å². The van der Waals surface area contributed by atoms with Gasteiger partial charge in [-0.25, -0.2) is 0 Å². The zero-order chi connectivity index (χ0) is 52.8. The van der Waals surface area contributed by atoms with Gasteiger partial charge in [0, 0.05) is 57.0 Å². The molecule has 382 valence electrons. The predicted molar refractivity (Wildman–Crippen MR) is 336 cm³/mol. The van der Waals surface area contributed by atoms with Crippen LogP contribution >= 0.6 is 0 Å². The van der Waals surface area contributed by atoms with Crippen LogP contribution in [0.25, 0.3) is 60.4 Å². The van der Waals surface area contributed by atoms with Crippen molar-refractivity contribution in [3.63, 3.8) is 0 Å². The number of nitrogens with zero attached hydrogens (tertiary/aromatic N) is 2. The van der Waals surface area contributed by atoms with Gasteiger partial charge in [-0.2, -0.15) is 0 Å². The van der Waals surface area contributed by atoms with Gasteiger partial charge in [-0.15, -0.1) is 0 Å². The van der Waals surface area contributed by atoms with Crippen LogP contribution in [0, 0.1) is 11.8 Å². The van der Waals surface area contributed by atoms with Crippen molar-refractivity contribution in [2.45, 2.75) is 49.4 Å². The number of hydrogen-bond donors (Lipinski definition) is 0. The predicted octanol–water partition coefficient (Wildman–Crippen LogP) is 20.1. The summed E-state index contributed by atoms with van der Waals surface area (Å²) < 4.78 is 2.52. The average molecular weight is 1030 g/mol. The Kier molecular flexibility index (Phi) is 11.0. The topological polar surface area (TPSA) is 8.17 Å². The summed E-state index contributed by atoms with van der Waals surface area (Å²) in [6.45, 7) is 0. The molecular weight excluding hydrogens is 965 g/mol. The molecule has 16 rings (SSSR count). The molecule has 0 amide bonds. The smallest absolute Gasteiger partial charge is 0.0610 e. The lowest BCUT2D eigenvalue weighted by molar-refractivity contribution is 0.456. The van der Waals surface area contributed by atoms with Crippen molar-refractivity contribution in [1.82, 2.24) is 4.57 Å². The molecule has 80 heavy (non-hydrogen) atoms. The SMILES string of the molecule is C1=CCCC(C2(C3=CCCC=C3)c3cc(N(c4ccc(-c5ccccc5)cc4)c4ccc5c(c4)C(c4ccccc4)(c4ccccc4)C4CC(n6ccc7c8ccccc8c8ccccc8c76)=CC=C54)ccc3C3=CC=CCC32)=C1. The first-order valence-electron chi connectivity index (χ1n) is 29.0. The summed E-state index contributed by atoms with van der Waals surface area (Å²) in [6, 6.07) is 78.2. The minimum Gasteiger partial charge on any atom is -0.320 e. The Morgan fingerprint density at radius 2 is 1.01 bits per heavy atom. The van der Waals surface area contributed by atoms with E-state index in [1.54, 1.807) is 0 Å². The van der Waals surface area contributed by atoms with Crippen LogP contribution in [0.2, 0.25) is 0 Å². The van der Waals surface area contributed by atoms with Gasteiger partial charge < -0.3 is 9.47 Å². The van der Waals surface area contributed by atoms with Gasteiger partial charge in [0.1, 0.15) is 0 Å². The summed E-state index contributed by atoms with van der Waals surface area (Å²) in [4.78, 5) is 2.57. The number of anilines is 3. The van der Waals surface area contributed by atoms with E-state index in [0.29, 0.717) is 5.92 Å². The highest BCUT2D eigenvalue weighted by molar-refractivity contribution is 6.25. The van der Waals surface area contributed by atoms with Crippen molar-refractivity contribution in [2.24, 2.45) is 11.8 Å². The maximum absolute atomic E-state index is 2.60. The van der Waals surface area contributed by atoms with E-state index in [1.807, 2.05) is 0 Å². The normalized spacial score (nSPS) is 20.3. The lowest BCUT2D eigenvalue weighted by Gasteiger charge is -2.42. The van der Waals surface area contributed by atoms with E-state index >= 15 is 0 Å². The Bertz CT molecular complexity index is 4360. The van der Waals surface area contributed by atoms with Gasteiger partial charge in [-0.05, 0) is 164 Å². The molecule has 2 nitrogen and oxygen atoms in total. The number of aromatic nitrogens is 1. The van der Waals surface area contributed by atoms with E-state index in [2.05, 4.69) is 289 Å². The third kappa shape index (κ3) is 6.91. The van der Waals surface area contributed by atoms with E-state index < -0.39 is 5.41 Å². The highest BCUT2D eigenvalue weighted by Gasteiger charge is 2.55. The van der Waals surface area contributed by atoms with Gasteiger partial charge in [0.05, 0.1) is 10.9 Å². The van der Waals surface area contributed by atoms with Gasteiger partial charge in [0.25, 0.3) is 0 Å². The maximum atomic E-state index is 2.60. The van der Waals surface area contributed by atoms with Crippen LogP contribution < -0.4 is 4.90 Å². The van der Waals surface area contributed by atoms with Crippen molar-refractivity contribution >= 4 is 66.4 Å². The molecule has 0 spiro atoms. The molecule has 1 heterocycles. The third-order valence-corrected chi connectivity index (χ3v) is 19.0. The second kappa shape index (κ2) is 18.7. The van der Waals surface area contributed by atoms with Gasteiger partial charge >= 0.3 is 0 Å². The molecule has 10 aromatic rings. The molecule has 2 heteroatoms. The Balaban J connectivity index is 0.920. The molecule has 0 aliphatic heterocycles. The van der Waals surface area contributed by atoms with E-state index in [1.165, 1.54) is 111 Å². The molecule has 0 fully saturated rings. The minimum absolute atomic E-state index is 0.0980. The van der Waals surface area contributed by atoms with Crippen molar-refractivity contribution < 1.29 is 0 Å². The minimum atomic E-state index is -0.525. The standard InChI is InChI=1S/C78H60N2/c1-6-22-53(23-7-1)54-38-40-59(41-39-54)80(61-43-46-67-66-35-20-21-37-72(66)77(74(67)51-61,55-24-8-2-9-25-55)56-26-10-3-11-27-56)62-44-47-69-68-45-42-60(79-49-48-71-65-34-17-16-32-63(65)64-33-18-19-36-70(64)76(71)79)50-73(68)78(75(69)52-62,57-28-12-4-13-29-57)58-30-14-5-15-31-58/h1-2,4-8,10,12-24,26-36,38-49,51-52,72-73H,3,9,11,25,37,50H2. The summed E-state index contributed by atoms with van der Waals surface area (Å²) >= 11 is 0. The summed E-state index contributed by atoms with van der Waals surface area (Å²) in [5, 5.41) is 6.46. The molecule has 6 aliphatic carbocycles. The Morgan fingerprint density at radius 3 is 1.66 bits per heavy atom. The van der Waals surface area contributed by atoms with E-state index in [9.17, 15) is 0 Å². The van der Waals surface area contributed by atoms with Crippen molar-refractivity contribution in [3.8, 4) is 11.1 Å². The Hall–Kier alpha value is -9.24. The quantitative estimate of drug-likeness (QED) is 0.131. The lowest BCUT2D eigenvalue weighted by atomic mass is 9.60. The molecule has 0 N–H and O–H groups in total. The van der Waals surface area contributed by atoms with E-state index in [4.69, 9.17) is 0 Å². The highest BCUT2D eigenvalue weighted by atomic mass is 15.1. The zero-order valence-electron chi connectivity index (χ0n) is 44.8. The van der Waals surface area contributed by atoms with Crippen LogP contribution in [0.3, 0.4) is 0 Å². The number of rotatable bonds is 9. The summed E-state index contributed by atoms with van der Waals surface area (Å²) in [7, 11) is 0. The van der Waals surface area contributed by atoms with Crippen molar-refractivity contribution in [1.29, 1.82) is 0 Å². The molecule has 3 atom stereocenters. The van der Waals surface area contributed by atoms with Crippen LogP contribution in [0.5, 0.6) is 0 Å². The Labute approximate surface area is 469 Å². The van der Waals surface area contributed by atoms with Crippen molar-refractivity contribution in [3.05, 3.63) is 324 Å². The second-order valence-corrected chi connectivity index (χ2v) is 22.8. The maximum Gasteiger partial charge on any atom is 0.0610 e. The fourth-order valence-electron chi connectivity index (χ4n) is 15.7. The average Bonchev–Trinajstić information content (AvgIpc) is 3.55. The molecule has 6 aliphatic rings. The van der Waals surface area contributed by atoms with Crippen LogP contribution in [0.15, 0.2) is 290 Å². The van der Waals surface area contributed by atoms with Crippen LogP contribution in [0.4, 0.5) is 17.1 Å². The first-order valence-corrected chi connectivity index (χ1v) is 29.0. The van der Waals surface area contributed by atoms with Gasteiger partial charge in [-0.3, -0.25) is 0 Å². The number of hydrogen-bond acceptors (Lipinski definition) is 1. The first-order chi connectivity index (χ1) is 39.7. The molecule has 3 unspecified atom stereocenters. The number of allylic oxidation sites excluding steroid dienone is 16. The molecule has 1 aromatic heterocycles.